The van der Waals surface area contributed by atoms with E-state index in [-0.39, 0.29) is 30.8 Å². The molecule has 162 valence electrons. The summed E-state index contributed by atoms with van der Waals surface area (Å²) in [6.45, 7) is 5.94. The number of ether oxygens (including phenoxy) is 1. The van der Waals surface area contributed by atoms with Crippen molar-refractivity contribution in [3.8, 4) is 0 Å². The molecule has 2 saturated heterocycles. The first-order valence-electron chi connectivity index (χ1n) is 9.84. The van der Waals surface area contributed by atoms with E-state index in [1.165, 1.54) is 6.07 Å². The van der Waals surface area contributed by atoms with Gasteiger partial charge in [0.1, 0.15) is 5.82 Å². The van der Waals surface area contributed by atoms with E-state index in [0.717, 1.165) is 6.26 Å². The van der Waals surface area contributed by atoms with Crippen molar-refractivity contribution in [2.24, 2.45) is 0 Å². The van der Waals surface area contributed by atoms with Crippen LogP contribution in [-0.4, -0.2) is 70.0 Å². The molecule has 0 aromatic heterocycles. The number of amides is 2. The number of halogens is 1. The lowest BCUT2D eigenvalue weighted by Crippen LogP contribution is -2.50. The summed E-state index contributed by atoms with van der Waals surface area (Å²) < 4.78 is 45.8. The van der Waals surface area contributed by atoms with E-state index in [9.17, 15) is 17.6 Å². The van der Waals surface area contributed by atoms with Crippen molar-refractivity contribution < 1.29 is 22.3 Å². The van der Waals surface area contributed by atoms with Crippen LogP contribution in [0.25, 0.3) is 0 Å². The zero-order valence-electron chi connectivity index (χ0n) is 17.0. The maximum absolute atomic E-state index is 14.7. The highest BCUT2D eigenvalue weighted by Crippen LogP contribution is 2.26. The summed E-state index contributed by atoms with van der Waals surface area (Å²) in [4.78, 5) is 16.0. The average molecular weight is 429 g/mol. The van der Waals surface area contributed by atoms with Crippen molar-refractivity contribution in [2.75, 3.05) is 42.7 Å². The number of piperidine rings is 1. The molecule has 1 aromatic carbocycles. The third kappa shape index (κ3) is 6.03. The van der Waals surface area contributed by atoms with E-state index >= 15 is 0 Å². The van der Waals surface area contributed by atoms with Gasteiger partial charge in [-0.3, -0.25) is 0 Å². The Balaban J connectivity index is 1.63. The van der Waals surface area contributed by atoms with Gasteiger partial charge in [0.2, 0.25) is 10.0 Å². The van der Waals surface area contributed by atoms with Gasteiger partial charge in [0.05, 0.1) is 24.2 Å². The van der Waals surface area contributed by atoms with Gasteiger partial charge in [0, 0.05) is 37.9 Å². The standard InChI is InChI=1S/C19H29FN4O4S/c1-13-10-24(11-14(2)28-13)18-7-6-15(9-17(18)20)21-19(25)23-8-4-5-16(12-23)22-29(3,26)27/h6-7,9,13-14,16,22H,4-5,8,10-12H2,1-3H3,(H,21,25)/t13-,14-,16+/m1/s1. The van der Waals surface area contributed by atoms with Crippen LogP contribution in [0.3, 0.4) is 0 Å². The molecular formula is C19H29FN4O4S. The minimum Gasteiger partial charge on any atom is -0.372 e. The molecule has 0 saturated carbocycles. The Morgan fingerprint density at radius 2 is 1.90 bits per heavy atom. The number of hydrogen-bond donors (Lipinski definition) is 2. The summed E-state index contributed by atoms with van der Waals surface area (Å²) in [5.41, 5.74) is 0.851. The van der Waals surface area contributed by atoms with E-state index in [4.69, 9.17) is 4.74 Å². The Morgan fingerprint density at radius 1 is 1.21 bits per heavy atom. The Labute approximate surface area is 171 Å². The zero-order valence-corrected chi connectivity index (χ0v) is 17.8. The first-order valence-corrected chi connectivity index (χ1v) is 11.7. The molecule has 2 N–H and O–H groups in total. The lowest BCUT2D eigenvalue weighted by atomic mass is 10.1. The monoisotopic (exact) mass is 428 g/mol. The number of benzene rings is 1. The highest BCUT2D eigenvalue weighted by Gasteiger charge is 2.27. The number of urea groups is 1. The normalized spacial score (nSPS) is 25.7. The number of rotatable bonds is 4. The molecule has 0 bridgehead atoms. The molecule has 2 fully saturated rings. The fourth-order valence-corrected chi connectivity index (χ4v) is 4.78. The summed E-state index contributed by atoms with van der Waals surface area (Å²) in [5, 5.41) is 2.71. The molecule has 2 aliphatic rings. The second kappa shape index (κ2) is 8.85. The number of likely N-dealkylation sites (tertiary alicyclic amines) is 1. The second-order valence-electron chi connectivity index (χ2n) is 7.93. The van der Waals surface area contributed by atoms with Crippen LogP contribution >= 0.6 is 0 Å². The number of morpholine rings is 1. The van der Waals surface area contributed by atoms with Crippen LogP contribution in [0.5, 0.6) is 0 Å². The third-order valence-electron chi connectivity index (χ3n) is 5.05. The quantitative estimate of drug-likeness (QED) is 0.765. The van der Waals surface area contributed by atoms with Crippen LogP contribution in [0, 0.1) is 5.82 Å². The van der Waals surface area contributed by atoms with Gasteiger partial charge in [-0.25, -0.2) is 22.3 Å². The van der Waals surface area contributed by atoms with Gasteiger partial charge >= 0.3 is 6.03 Å². The topological polar surface area (TPSA) is 91.0 Å². The number of anilines is 2. The fraction of sp³-hybridized carbons (Fsp3) is 0.632. The third-order valence-corrected chi connectivity index (χ3v) is 5.81. The molecule has 0 aliphatic carbocycles. The first-order chi connectivity index (χ1) is 13.6. The largest absolute Gasteiger partial charge is 0.372 e. The molecule has 2 aliphatic heterocycles. The van der Waals surface area contributed by atoms with E-state index in [1.807, 2.05) is 18.7 Å². The van der Waals surface area contributed by atoms with Crippen LogP contribution in [-0.2, 0) is 14.8 Å². The van der Waals surface area contributed by atoms with Crippen LogP contribution in [0.4, 0.5) is 20.6 Å². The summed E-state index contributed by atoms with van der Waals surface area (Å²) >= 11 is 0. The molecule has 0 radical (unpaired) electrons. The molecule has 3 rings (SSSR count). The molecule has 0 unspecified atom stereocenters. The Bertz CT molecular complexity index is 841. The SMILES string of the molecule is C[C@@H]1CN(c2ccc(NC(=O)N3CCC[C@H](NS(C)(=O)=O)C3)cc2F)C[C@@H](C)O1. The summed E-state index contributed by atoms with van der Waals surface area (Å²) in [5.74, 6) is -0.403. The molecule has 10 heteroatoms. The highest BCUT2D eigenvalue weighted by atomic mass is 32.2. The second-order valence-corrected chi connectivity index (χ2v) is 9.71. The van der Waals surface area contributed by atoms with Gasteiger partial charge in [-0.1, -0.05) is 0 Å². The average Bonchev–Trinajstić information content (AvgIpc) is 2.59. The van der Waals surface area contributed by atoms with Gasteiger partial charge in [-0.15, -0.1) is 0 Å². The minimum absolute atomic E-state index is 0.0186. The van der Waals surface area contributed by atoms with Crippen LogP contribution in [0.2, 0.25) is 0 Å². The zero-order chi connectivity index (χ0) is 21.2. The number of hydrogen-bond acceptors (Lipinski definition) is 5. The Morgan fingerprint density at radius 3 is 2.52 bits per heavy atom. The number of carbonyl (C=O) groups excluding carboxylic acids is 1. The lowest BCUT2D eigenvalue weighted by molar-refractivity contribution is -0.00539. The van der Waals surface area contributed by atoms with Crippen LogP contribution in [0.15, 0.2) is 18.2 Å². The van der Waals surface area contributed by atoms with Gasteiger partial charge in [0.15, 0.2) is 0 Å². The number of sulfonamides is 1. The molecule has 1 aromatic rings. The Kier molecular flexibility index (Phi) is 6.65. The van der Waals surface area contributed by atoms with E-state index in [2.05, 4.69) is 10.0 Å². The predicted octanol–water partition coefficient (Wildman–Crippen LogP) is 1.98. The summed E-state index contributed by atoms with van der Waals surface area (Å²) in [6.07, 6.45) is 2.51. The lowest BCUT2D eigenvalue weighted by Gasteiger charge is -2.37. The first kappa shape index (κ1) is 21.8. The van der Waals surface area contributed by atoms with E-state index in [0.29, 0.717) is 43.9 Å². The van der Waals surface area contributed by atoms with Gasteiger partial charge in [0.25, 0.3) is 0 Å². The number of carbonyl (C=O) groups is 1. The molecular weight excluding hydrogens is 399 g/mol. The van der Waals surface area contributed by atoms with E-state index in [1.54, 1.807) is 17.0 Å². The minimum atomic E-state index is -3.33. The smallest absolute Gasteiger partial charge is 0.321 e. The maximum atomic E-state index is 14.7. The molecule has 0 spiro atoms. The number of nitrogens with one attached hydrogen (secondary N) is 2. The fourth-order valence-electron chi connectivity index (χ4n) is 3.98. The molecule has 2 heterocycles. The van der Waals surface area contributed by atoms with Crippen LogP contribution in [0.1, 0.15) is 26.7 Å². The molecule has 8 nitrogen and oxygen atoms in total. The summed E-state index contributed by atoms with van der Waals surface area (Å²) in [6, 6.07) is 3.98. The molecule has 3 atom stereocenters. The van der Waals surface area contributed by atoms with Gasteiger partial charge < -0.3 is 19.9 Å². The molecule has 2 amide bonds. The summed E-state index contributed by atoms with van der Waals surface area (Å²) in [7, 11) is -3.33. The van der Waals surface area contributed by atoms with Crippen molar-refractivity contribution >= 4 is 27.4 Å². The predicted molar refractivity (Wildman–Crippen MR) is 110 cm³/mol. The van der Waals surface area contributed by atoms with Crippen molar-refractivity contribution in [3.05, 3.63) is 24.0 Å². The van der Waals surface area contributed by atoms with Crippen molar-refractivity contribution in [1.29, 1.82) is 0 Å². The van der Waals surface area contributed by atoms with Gasteiger partial charge in [-0.05, 0) is 44.9 Å². The highest BCUT2D eigenvalue weighted by molar-refractivity contribution is 7.88. The van der Waals surface area contributed by atoms with Gasteiger partial charge in [-0.2, -0.15) is 0 Å². The van der Waals surface area contributed by atoms with Crippen LogP contribution < -0.4 is 14.9 Å². The molecule has 29 heavy (non-hydrogen) atoms. The van der Waals surface area contributed by atoms with Crippen molar-refractivity contribution in [1.82, 2.24) is 9.62 Å². The van der Waals surface area contributed by atoms with Crippen molar-refractivity contribution in [2.45, 2.75) is 44.9 Å². The maximum Gasteiger partial charge on any atom is 0.321 e. The van der Waals surface area contributed by atoms with E-state index < -0.39 is 15.8 Å². The Hall–Kier alpha value is -1.91. The number of nitrogens with zero attached hydrogens (tertiary/aromatic N) is 2. The van der Waals surface area contributed by atoms with Crippen molar-refractivity contribution in [3.63, 3.8) is 0 Å².